The van der Waals surface area contributed by atoms with E-state index in [0.717, 1.165) is 17.7 Å². The van der Waals surface area contributed by atoms with Gasteiger partial charge in [0.15, 0.2) is 0 Å². The molecule has 1 N–H and O–H groups in total. The van der Waals surface area contributed by atoms with E-state index in [1.807, 2.05) is 33.9 Å². The van der Waals surface area contributed by atoms with Crippen LogP contribution in [0.15, 0.2) is 24.4 Å². The summed E-state index contributed by atoms with van der Waals surface area (Å²) >= 11 is 6.10. The van der Waals surface area contributed by atoms with Crippen LogP contribution in [0.1, 0.15) is 42.4 Å². The minimum absolute atomic E-state index is 0.165. The highest BCUT2D eigenvalue weighted by molar-refractivity contribution is 6.30. The molecule has 0 unspecified atom stereocenters. The molecule has 1 aromatic heterocycles. The fourth-order valence-electron chi connectivity index (χ4n) is 2.66. The van der Waals surface area contributed by atoms with E-state index in [4.69, 9.17) is 16.3 Å². The van der Waals surface area contributed by atoms with Gasteiger partial charge in [-0.15, -0.1) is 0 Å². The second-order valence-corrected chi connectivity index (χ2v) is 6.34. The van der Waals surface area contributed by atoms with E-state index in [1.165, 1.54) is 0 Å². The molecule has 0 aliphatic carbocycles. The third kappa shape index (κ3) is 3.50. The molecule has 0 fully saturated rings. The van der Waals surface area contributed by atoms with Gasteiger partial charge in [-0.05, 0) is 38.5 Å². The summed E-state index contributed by atoms with van der Waals surface area (Å²) in [5.74, 6) is 0.517. The Bertz CT molecular complexity index is 723. The van der Waals surface area contributed by atoms with E-state index in [9.17, 15) is 4.79 Å². The molecule has 0 saturated carbocycles. The Kier molecular flexibility index (Phi) is 5.00. The van der Waals surface area contributed by atoms with Crippen molar-refractivity contribution in [3.63, 3.8) is 0 Å². The van der Waals surface area contributed by atoms with Gasteiger partial charge in [-0.3, -0.25) is 9.48 Å². The number of aromatic nitrogens is 2. The maximum Gasteiger partial charge on any atom is 0.255 e. The van der Waals surface area contributed by atoms with Gasteiger partial charge in [-0.2, -0.15) is 5.10 Å². The first-order chi connectivity index (χ1) is 10.8. The van der Waals surface area contributed by atoms with Crippen LogP contribution >= 0.6 is 11.6 Å². The predicted molar refractivity (Wildman–Crippen MR) is 91.1 cm³/mol. The van der Waals surface area contributed by atoms with Crippen LogP contribution in [0, 0.1) is 0 Å². The minimum Gasteiger partial charge on any atom is -0.496 e. The number of hydrogen-bond donors (Lipinski definition) is 1. The molecule has 2 aromatic rings. The number of nitrogens with zero attached hydrogens (tertiary/aromatic N) is 2. The van der Waals surface area contributed by atoms with E-state index < -0.39 is 5.54 Å². The van der Waals surface area contributed by atoms with Gasteiger partial charge < -0.3 is 10.1 Å². The summed E-state index contributed by atoms with van der Waals surface area (Å²) in [5.41, 5.74) is 1.66. The van der Waals surface area contributed by atoms with Crippen molar-refractivity contribution in [3.8, 4) is 5.75 Å². The average molecular weight is 336 g/mol. The standard InChI is InChI=1S/C17H22ClN3O2/c1-6-14-12(10-19-21(14)4)16(22)20-17(2,3)13-9-11(18)7-8-15(13)23-5/h7-10H,6H2,1-5H3,(H,20,22). The lowest BCUT2D eigenvalue weighted by molar-refractivity contribution is 0.0910. The van der Waals surface area contributed by atoms with Crippen LogP contribution in [-0.2, 0) is 19.0 Å². The van der Waals surface area contributed by atoms with E-state index >= 15 is 0 Å². The van der Waals surface area contributed by atoms with E-state index in [1.54, 1.807) is 30.1 Å². The minimum atomic E-state index is -0.645. The lowest BCUT2D eigenvalue weighted by Crippen LogP contribution is -2.41. The number of hydrogen-bond acceptors (Lipinski definition) is 3. The average Bonchev–Trinajstić information content (AvgIpc) is 2.87. The third-order valence-corrected chi connectivity index (χ3v) is 4.14. The monoisotopic (exact) mass is 335 g/mol. The van der Waals surface area contributed by atoms with Crippen molar-refractivity contribution in [2.45, 2.75) is 32.7 Å². The van der Waals surface area contributed by atoms with Crippen molar-refractivity contribution in [2.75, 3.05) is 7.11 Å². The van der Waals surface area contributed by atoms with Crippen LogP contribution in [0.3, 0.4) is 0 Å². The van der Waals surface area contributed by atoms with Crippen molar-refractivity contribution in [1.29, 1.82) is 0 Å². The first-order valence-corrected chi connectivity index (χ1v) is 7.85. The molecule has 2 rings (SSSR count). The largest absolute Gasteiger partial charge is 0.496 e. The SMILES string of the molecule is CCc1c(C(=O)NC(C)(C)c2cc(Cl)ccc2OC)cnn1C. The maximum absolute atomic E-state index is 12.7. The third-order valence-electron chi connectivity index (χ3n) is 3.90. The zero-order valence-corrected chi connectivity index (χ0v) is 14.9. The van der Waals surface area contributed by atoms with Gasteiger partial charge in [0, 0.05) is 17.6 Å². The van der Waals surface area contributed by atoms with Crippen molar-refractivity contribution in [2.24, 2.45) is 7.05 Å². The summed E-state index contributed by atoms with van der Waals surface area (Å²) in [4.78, 5) is 12.7. The summed E-state index contributed by atoms with van der Waals surface area (Å²) in [6.45, 7) is 5.83. The summed E-state index contributed by atoms with van der Waals surface area (Å²) in [5, 5.41) is 7.81. The van der Waals surface area contributed by atoms with Gasteiger partial charge in [-0.25, -0.2) is 0 Å². The Labute approximate surface area is 141 Å². The first-order valence-electron chi connectivity index (χ1n) is 7.47. The molecule has 1 aromatic carbocycles. The van der Waals surface area contributed by atoms with Gasteiger partial charge in [-0.1, -0.05) is 18.5 Å². The van der Waals surface area contributed by atoms with Gasteiger partial charge in [0.25, 0.3) is 5.91 Å². The Balaban J connectivity index is 2.34. The molecule has 1 heterocycles. The van der Waals surface area contributed by atoms with E-state index in [2.05, 4.69) is 10.4 Å². The Morgan fingerprint density at radius 3 is 2.74 bits per heavy atom. The zero-order chi connectivity index (χ0) is 17.2. The molecule has 0 atom stereocenters. The molecule has 6 heteroatoms. The molecular formula is C17H22ClN3O2. The summed E-state index contributed by atoms with van der Waals surface area (Å²) in [7, 11) is 3.43. The zero-order valence-electron chi connectivity index (χ0n) is 14.1. The lowest BCUT2D eigenvalue weighted by Gasteiger charge is -2.28. The molecule has 0 aliphatic heterocycles. The summed E-state index contributed by atoms with van der Waals surface area (Å²) < 4.78 is 7.12. The lowest BCUT2D eigenvalue weighted by atomic mass is 9.92. The van der Waals surface area contributed by atoms with Crippen LogP contribution in [0.25, 0.3) is 0 Å². The molecule has 0 spiro atoms. The molecule has 124 valence electrons. The molecule has 23 heavy (non-hydrogen) atoms. The van der Waals surface area contributed by atoms with Gasteiger partial charge in [0.1, 0.15) is 5.75 Å². The quantitative estimate of drug-likeness (QED) is 0.912. The number of aryl methyl sites for hydroxylation is 1. The smallest absolute Gasteiger partial charge is 0.255 e. The number of methoxy groups -OCH3 is 1. The second kappa shape index (κ2) is 6.62. The van der Waals surface area contributed by atoms with Gasteiger partial charge in [0.05, 0.1) is 30.1 Å². The number of benzene rings is 1. The molecule has 0 saturated heterocycles. The van der Waals surface area contributed by atoms with E-state index in [-0.39, 0.29) is 5.91 Å². The molecule has 0 bridgehead atoms. The second-order valence-electron chi connectivity index (χ2n) is 5.91. The number of carbonyl (C=O) groups excluding carboxylic acids is 1. The highest BCUT2D eigenvalue weighted by Gasteiger charge is 2.28. The molecule has 0 aliphatic rings. The Hall–Kier alpha value is -2.01. The highest BCUT2D eigenvalue weighted by atomic mass is 35.5. The first kappa shape index (κ1) is 17.3. The highest BCUT2D eigenvalue weighted by Crippen LogP contribution is 2.32. The molecule has 0 radical (unpaired) electrons. The molecular weight excluding hydrogens is 314 g/mol. The number of halogens is 1. The number of amides is 1. The van der Waals surface area contributed by atoms with Crippen molar-refractivity contribution in [3.05, 3.63) is 46.2 Å². The van der Waals surface area contributed by atoms with Crippen LogP contribution in [0.2, 0.25) is 5.02 Å². The van der Waals surface area contributed by atoms with Crippen LogP contribution < -0.4 is 10.1 Å². The van der Waals surface area contributed by atoms with Crippen molar-refractivity contribution < 1.29 is 9.53 Å². The van der Waals surface area contributed by atoms with Crippen molar-refractivity contribution in [1.82, 2.24) is 15.1 Å². The Morgan fingerprint density at radius 1 is 1.43 bits per heavy atom. The topological polar surface area (TPSA) is 56.1 Å². The predicted octanol–water partition coefficient (Wildman–Crippen LogP) is 3.31. The number of nitrogens with one attached hydrogen (secondary N) is 1. The Morgan fingerprint density at radius 2 is 2.13 bits per heavy atom. The maximum atomic E-state index is 12.7. The molecule has 5 nitrogen and oxygen atoms in total. The number of ether oxygens (including phenoxy) is 1. The normalized spacial score (nSPS) is 11.4. The number of rotatable bonds is 5. The van der Waals surface area contributed by atoms with Gasteiger partial charge in [0.2, 0.25) is 0 Å². The fraction of sp³-hybridized carbons (Fsp3) is 0.412. The fourth-order valence-corrected chi connectivity index (χ4v) is 2.83. The van der Waals surface area contributed by atoms with Gasteiger partial charge >= 0.3 is 0 Å². The van der Waals surface area contributed by atoms with Crippen LogP contribution in [0.4, 0.5) is 0 Å². The summed E-state index contributed by atoms with van der Waals surface area (Å²) in [6, 6.07) is 5.37. The summed E-state index contributed by atoms with van der Waals surface area (Å²) in [6.07, 6.45) is 2.33. The van der Waals surface area contributed by atoms with Crippen LogP contribution in [-0.4, -0.2) is 22.8 Å². The van der Waals surface area contributed by atoms with E-state index in [0.29, 0.717) is 16.3 Å². The molecule has 1 amide bonds. The number of carbonyl (C=O) groups is 1. The van der Waals surface area contributed by atoms with Crippen LogP contribution in [0.5, 0.6) is 5.75 Å². The van der Waals surface area contributed by atoms with Crippen molar-refractivity contribution >= 4 is 17.5 Å².